The van der Waals surface area contributed by atoms with Crippen LogP contribution in [-0.2, 0) is 14.3 Å². The minimum absolute atomic E-state index is 0.179. The number of ether oxygens (including phenoxy) is 2. The van der Waals surface area contributed by atoms with E-state index in [1.807, 2.05) is 6.08 Å². The van der Waals surface area contributed by atoms with Crippen molar-refractivity contribution < 1.29 is 39.8 Å². The first-order chi connectivity index (χ1) is 29.3. The fourth-order valence-electron chi connectivity index (χ4n) is 8.45. The average molecular weight is 854 g/mol. The van der Waals surface area contributed by atoms with E-state index in [4.69, 9.17) is 9.47 Å². The molecule has 0 bridgehead atoms. The topological polar surface area (TPSA) is 149 Å². The lowest BCUT2D eigenvalue weighted by Gasteiger charge is -2.40. The van der Waals surface area contributed by atoms with Gasteiger partial charge in [0, 0.05) is 6.42 Å². The smallest absolute Gasteiger partial charge is 0.220 e. The number of hydrogen-bond donors (Lipinski definition) is 6. The van der Waals surface area contributed by atoms with Crippen LogP contribution < -0.4 is 5.32 Å². The standard InChI is InChI=1S/C51H99NO8/c1-3-5-7-9-10-11-12-13-14-15-16-17-18-19-20-21-22-23-24-25-26-27-28-29-30-31-32-33-34-35-37-39-41-47(55)52-44(45(54)40-38-36-8-6-4-2)43-59-51-50(58)49(57)48(56)46(42-53)60-51/h38,40,44-46,48-51,53-54,56-58H,3-37,39,41-43H2,1-2H3,(H,52,55)/b40-38+. The predicted octanol–water partition coefficient (Wildman–Crippen LogP) is 11.7. The molecular weight excluding hydrogens is 755 g/mol. The third-order valence-corrected chi connectivity index (χ3v) is 12.6. The number of allylic oxidation sites excluding steroid dienone is 1. The Balaban J connectivity index is 1.98. The van der Waals surface area contributed by atoms with Gasteiger partial charge in [-0.25, -0.2) is 0 Å². The maximum absolute atomic E-state index is 12.9. The van der Waals surface area contributed by atoms with E-state index in [0.29, 0.717) is 6.42 Å². The van der Waals surface area contributed by atoms with Gasteiger partial charge in [0.2, 0.25) is 5.91 Å². The van der Waals surface area contributed by atoms with Crippen LogP contribution >= 0.6 is 0 Å². The van der Waals surface area contributed by atoms with Gasteiger partial charge >= 0.3 is 0 Å². The molecule has 1 aliphatic rings. The molecule has 0 aromatic carbocycles. The molecule has 6 N–H and O–H groups in total. The van der Waals surface area contributed by atoms with Gasteiger partial charge in [-0.05, 0) is 19.3 Å². The minimum atomic E-state index is -1.56. The maximum atomic E-state index is 12.9. The number of rotatable bonds is 44. The highest BCUT2D eigenvalue weighted by Crippen LogP contribution is 2.23. The second-order valence-corrected chi connectivity index (χ2v) is 18.3. The van der Waals surface area contributed by atoms with Crippen LogP contribution in [0.25, 0.3) is 0 Å². The van der Waals surface area contributed by atoms with E-state index >= 15 is 0 Å². The van der Waals surface area contributed by atoms with Gasteiger partial charge in [0.15, 0.2) is 6.29 Å². The van der Waals surface area contributed by atoms with E-state index in [9.17, 15) is 30.3 Å². The summed E-state index contributed by atoms with van der Waals surface area (Å²) in [6.07, 6.45) is 43.6. The lowest BCUT2D eigenvalue weighted by molar-refractivity contribution is -0.302. The molecule has 0 aromatic heterocycles. The molecule has 1 rings (SSSR count). The summed E-state index contributed by atoms with van der Waals surface area (Å²) >= 11 is 0. The van der Waals surface area contributed by atoms with Gasteiger partial charge in [-0.1, -0.05) is 238 Å². The lowest BCUT2D eigenvalue weighted by atomic mass is 9.99. The number of aliphatic hydroxyl groups is 5. The molecule has 1 fully saturated rings. The van der Waals surface area contributed by atoms with Crippen LogP contribution in [0.15, 0.2) is 12.2 Å². The van der Waals surface area contributed by atoms with Crippen molar-refractivity contribution in [3.05, 3.63) is 12.2 Å². The summed E-state index contributed by atoms with van der Waals surface area (Å²) in [7, 11) is 0. The van der Waals surface area contributed by atoms with E-state index in [1.54, 1.807) is 6.08 Å². The van der Waals surface area contributed by atoms with Gasteiger partial charge in [-0.3, -0.25) is 4.79 Å². The Hall–Kier alpha value is -1.07. The molecule has 1 heterocycles. The van der Waals surface area contributed by atoms with Crippen LogP contribution in [0.3, 0.4) is 0 Å². The van der Waals surface area contributed by atoms with Crippen molar-refractivity contribution in [2.75, 3.05) is 13.2 Å². The molecule has 0 aromatic rings. The van der Waals surface area contributed by atoms with Gasteiger partial charge in [-0.2, -0.15) is 0 Å². The van der Waals surface area contributed by atoms with Crippen LogP contribution in [0, 0.1) is 0 Å². The Morgan fingerprint density at radius 1 is 0.550 bits per heavy atom. The molecule has 1 aliphatic heterocycles. The first kappa shape index (κ1) is 56.9. The van der Waals surface area contributed by atoms with Crippen LogP contribution in [0.4, 0.5) is 0 Å². The van der Waals surface area contributed by atoms with Crippen molar-refractivity contribution in [1.82, 2.24) is 5.32 Å². The Kier molecular flexibility index (Phi) is 39.8. The van der Waals surface area contributed by atoms with E-state index in [1.165, 1.54) is 186 Å². The molecule has 0 spiro atoms. The molecule has 7 unspecified atom stereocenters. The van der Waals surface area contributed by atoms with Crippen molar-refractivity contribution in [2.24, 2.45) is 0 Å². The maximum Gasteiger partial charge on any atom is 0.220 e. The van der Waals surface area contributed by atoms with Crippen LogP contribution in [-0.4, -0.2) is 87.5 Å². The highest BCUT2D eigenvalue weighted by atomic mass is 16.7. The molecule has 9 heteroatoms. The fraction of sp³-hybridized carbons (Fsp3) is 0.941. The van der Waals surface area contributed by atoms with Crippen molar-refractivity contribution >= 4 is 5.91 Å². The first-order valence-corrected chi connectivity index (χ1v) is 25.9. The third-order valence-electron chi connectivity index (χ3n) is 12.6. The van der Waals surface area contributed by atoms with E-state index in [0.717, 1.165) is 44.9 Å². The Labute approximate surface area is 369 Å². The number of aliphatic hydroxyl groups excluding tert-OH is 5. The number of amides is 1. The Bertz CT molecular complexity index is 950. The molecule has 0 saturated carbocycles. The lowest BCUT2D eigenvalue weighted by Crippen LogP contribution is -2.60. The zero-order chi connectivity index (χ0) is 43.7. The van der Waals surface area contributed by atoms with Crippen molar-refractivity contribution in [3.63, 3.8) is 0 Å². The summed E-state index contributed by atoms with van der Waals surface area (Å²) < 4.78 is 11.1. The van der Waals surface area contributed by atoms with Crippen LogP contribution in [0.2, 0.25) is 0 Å². The number of hydrogen-bond acceptors (Lipinski definition) is 8. The second kappa shape index (κ2) is 41.9. The van der Waals surface area contributed by atoms with Crippen LogP contribution in [0.5, 0.6) is 0 Å². The quantitative estimate of drug-likeness (QED) is 0.0262. The van der Waals surface area contributed by atoms with E-state index < -0.39 is 49.5 Å². The molecule has 7 atom stereocenters. The molecule has 60 heavy (non-hydrogen) atoms. The molecule has 1 saturated heterocycles. The van der Waals surface area contributed by atoms with Gasteiger partial charge in [0.05, 0.1) is 25.4 Å². The zero-order valence-electron chi connectivity index (χ0n) is 39.2. The Morgan fingerprint density at radius 3 is 1.30 bits per heavy atom. The SMILES string of the molecule is CCCCC/C=C/C(O)C(COC1OC(CO)C(O)C(O)C1O)NC(=O)CCCCCCCCCCCCCCCCCCCCCCCCCCCCCCCCCC. The number of carbonyl (C=O) groups excluding carboxylic acids is 1. The molecule has 9 nitrogen and oxygen atoms in total. The minimum Gasteiger partial charge on any atom is -0.394 e. The van der Waals surface area contributed by atoms with Gasteiger partial charge in [-0.15, -0.1) is 0 Å². The summed E-state index contributed by atoms with van der Waals surface area (Å²) in [6.45, 7) is 3.68. The number of unbranched alkanes of at least 4 members (excludes halogenated alkanes) is 34. The van der Waals surface area contributed by atoms with E-state index in [-0.39, 0.29) is 12.5 Å². The van der Waals surface area contributed by atoms with Gasteiger partial charge in [0.1, 0.15) is 24.4 Å². The van der Waals surface area contributed by atoms with Crippen molar-refractivity contribution in [3.8, 4) is 0 Å². The third kappa shape index (κ3) is 31.7. The Morgan fingerprint density at radius 2 is 0.917 bits per heavy atom. The zero-order valence-corrected chi connectivity index (χ0v) is 39.2. The average Bonchev–Trinajstić information content (AvgIpc) is 3.25. The largest absolute Gasteiger partial charge is 0.394 e. The van der Waals surface area contributed by atoms with E-state index in [2.05, 4.69) is 19.2 Å². The molecule has 1 amide bonds. The summed E-state index contributed by atoms with van der Waals surface area (Å²) in [5, 5.41) is 53.7. The molecule has 0 aliphatic carbocycles. The summed E-state index contributed by atoms with van der Waals surface area (Å²) in [5.74, 6) is -0.179. The summed E-state index contributed by atoms with van der Waals surface area (Å²) in [5.41, 5.74) is 0. The first-order valence-electron chi connectivity index (χ1n) is 25.9. The molecular formula is C51H99NO8. The van der Waals surface area contributed by atoms with Crippen molar-refractivity contribution in [1.29, 1.82) is 0 Å². The number of nitrogens with one attached hydrogen (secondary N) is 1. The van der Waals surface area contributed by atoms with Gasteiger partial charge < -0.3 is 40.3 Å². The highest BCUT2D eigenvalue weighted by Gasteiger charge is 2.44. The van der Waals surface area contributed by atoms with Gasteiger partial charge in [0.25, 0.3) is 0 Å². The summed E-state index contributed by atoms with van der Waals surface area (Å²) in [4.78, 5) is 12.9. The van der Waals surface area contributed by atoms with Crippen molar-refractivity contribution in [2.45, 2.75) is 294 Å². The molecule has 0 radical (unpaired) electrons. The number of carbonyl (C=O) groups is 1. The second-order valence-electron chi connectivity index (χ2n) is 18.3. The normalized spacial score (nSPS) is 20.6. The monoisotopic (exact) mass is 854 g/mol. The predicted molar refractivity (Wildman–Crippen MR) is 249 cm³/mol. The fourth-order valence-corrected chi connectivity index (χ4v) is 8.45. The molecule has 356 valence electrons. The van der Waals surface area contributed by atoms with Crippen LogP contribution in [0.1, 0.15) is 251 Å². The summed E-state index contributed by atoms with van der Waals surface area (Å²) in [6, 6.07) is -0.796. The highest BCUT2D eigenvalue weighted by molar-refractivity contribution is 5.76.